The Morgan fingerprint density at radius 1 is 1.78 bits per heavy atom. The van der Waals surface area contributed by atoms with E-state index < -0.39 is 0 Å². The number of aliphatic hydroxyl groups excluding tert-OH is 1. The fourth-order valence-corrected chi connectivity index (χ4v) is 1.44. The molecule has 1 N–H and O–H groups in total. The van der Waals surface area contributed by atoms with Gasteiger partial charge >= 0.3 is 0 Å². The third-order valence-electron chi connectivity index (χ3n) is 1.18. The van der Waals surface area contributed by atoms with Gasteiger partial charge in [0.05, 0.1) is 11.2 Å². The third kappa shape index (κ3) is 1.50. The molecule has 50 valence electrons. The molecule has 0 saturated heterocycles. The molecule has 1 aromatic heterocycles. The van der Waals surface area contributed by atoms with Crippen LogP contribution < -0.4 is 0 Å². The molecule has 0 aliphatic rings. The van der Waals surface area contributed by atoms with Crippen LogP contribution in [0.15, 0.2) is 5.51 Å². The second kappa shape index (κ2) is 2.94. The molecule has 0 fully saturated rings. The summed E-state index contributed by atoms with van der Waals surface area (Å²) in [4.78, 5) is 5.23. The minimum absolute atomic E-state index is 0.225. The summed E-state index contributed by atoms with van der Waals surface area (Å²) < 4.78 is 0. The van der Waals surface area contributed by atoms with Crippen LogP contribution in [0.4, 0.5) is 0 Å². The Morgan fingerprint density at radius 2 is 2.56 bits per heavy atom. The van der Waals surface area contributed by atoms with Gasteiger partial charge in [-0.3, -0.25) is 0 Å². The summed E-state index contributed by atoms with van der Waals surface area (Å²) in [5.74, 6) is 0. The molecule has 1 rings (SSSR count). The van der Waals surface area contributed by atoms with Gasteiger partial charge in [0.2, 0.25) is 0 Å². The SMILES string of the molecule is [13CH3][13c]1ncs[13c]1CCO. The standard InChI is InChI=1S/C6H9NOS/c1-5-6(2-3-8)9-4-7-5/h4,8H,2-3H2,1H3/i1+1,5+1,6+1. The Morgan fingerprint density at radius 3 is 3.00 bits per heavy atom. The van der Waals surface area contributed by atoms with Crippen LogP contribution in [0.25, 0.3) is 0 Å². The lowest BCUT2D eigenvalue weighted by atomic mass is 10.6. The van der Waals surface area contributed by atoms with Crippen molar-refractivity contribution in [2.75, 3.05) is 6.61 Å². The third-order valence-corrected chi connectivity index (χ3v) is 2.18. The van der Waals surface area contributed by atoms with Crippen LogP contribution in [0.1, 0.15) is 10.6 Å². The number of aliphatic hydroxyl groups is 1. The lowest BCUT2D eigenvalue weighted by Crippen LogP contribution is -1.88. The van der Waals surface area contributed by atoms with Crippen LogP contribution in [-0.2, 0) is 6.42 Å². The van der Waals surface area contributed by atoms with Crippen LogP contribution in [0, 0.1) is 6.92 Å². The van der Waals surface area contributed by atoms with E-state index in [0.717, 1.165) is 12.1 Å². The van der Waals surface area contributed by atoms with Crippen LogP contribution in [0.3, 0.4) is 0 Å². The molecule has 1 aromatic rings. The van der Waals surface area contributed by atoms with E-state index in [0.29, 0.717) is 0 Å². The second-order valence-corrected chi connectivity index (χ2v) is 2.77. The fraction of sp³-hybridized carbons (Fsp3) is 0.500. The zero-order valence-corrected chi connectivity index (χ0v) is 6.11. The molecule has 0 saturated carbocycles. The van der Waals surface area contributed by atoms with Gasteiger partial charge in [0.25, 0.3) is 0 Å². The predicted molar refractivity (Wildman–Crippen MR) is 37.6 cm³/mol. The molecule has 9 heavy (non-hydrogen) atoms. The Kier molecular flexibility index (Phi) is 2.19. The van der Waals surface area contributed by atoms with Crippen molar-refractivity contribution < 1.29 is 5.11 Å². The van der Waals surface area contributed by atoms with Crippen molar-refractivity contribution in [3.63, 3.8) is 0 Å². The van der Waals surface area contributed by atoms with Crippen LogP contribution in [0.5, 0.6) is 0 Å². The van der Waals surface area contributed by atoms with Crippen LogP contribution in [0.2, 0.25) is 0 Å². The largest absolute Gasteiger partial charge is 0.396 e. The molecule has 0 aliphatic heterocycles. The maximum atomic E-state index is 8.54. The Labute approximate surface area is 58.2 Å². The van der Waals surface area contributed by atoms with Gasteiger partial charge < -0.3 is 5.11 Å². The average Bonchev–Trinajstić information content (AvgIpc) is 2.18. The first-order chi connectivity index (χ1) is 4.34. The van der Waals surface area contributed by atoms with Crippen molar-refractivity contribution >= 4 is 11.3 Å². The fourth-order valence-electron chi connectivity index (χ4n) is 0.668. The molecule has 0 bridgehead atoms. The van der Waals surface area contributed by atoms with E-state index in [-0.39, 0.29) is 6.61 Å². The van der Waals surface area contributed by atoms with Gasteiger partial charge in [-0.05, 0) is 6.92 Å². The van der Waals surface area contributed by atoms with E-state index >= 15 is 0 Å². The minimum Gasteiger partial charge on any atom is -0.396 e. The highest BCUT2D eigenvalue weighted by Gasteiger charge is 1.97. The first kappa shape index (κ1) is 6.71. The van der Waals surface area contributed by atoms with Crippen molar-refractivity contribution in [2.45, 2.75) is 13.3 Å². The summed E-state index contributed by atoms with van der Waals surface area (Å²) in [5.41, 5.74) is 2.86. The van der Waals surface area contributed by atoms with Gasteiger partial charge in [-0.25, -0.2) is 4.98 Å². The van der Waals surface area contributed by atoms with E-state index in [1.807, 2.05) is 6.92 Å². The van der Waals surface area contributed by atoms with E-state index in [1.165, 1.54) is 4.88 Å². The molecular weight excluding hydrogens is 137 g/mol. The van der Waals surface area contributed by atoms with Gasteiger partial charge in [-0.15, -0.1) is 11.3 Å². The Bertz CT molecular complexity index is 185. The maximum Gasteiger partial charge on any atom is 0.0797 e. The van der Waals surface area contributed by atoms with Crippen molar-refractivity contribution in [2.24, 2.45) is 0 Å². The zero-order chi connectivity index (χ0) is 6.69. The monoisotopic (exact) mass is 146 g/mol. The van der Waals surface area contributed by atoms with E-state index in [4.69, 9.17) is 5.11 Å². The number of aryl methyl sites for hydroxylation is 1. The molecule has 0 unspecified atom stereocenters. The highest BCUT2D eigenvalue weighted by atomic mass is 32.1. The summed E-state index contributed by atoms with van der Waals surface area (Å²) in [7, 11) is 0. The molecule has 3 heteroatoms. The number of thiazole rings is 1. The first-order valence-corrected chi connectivity index (χ1v) is 3.72. The molecule has 0 amide bonds. The van der Waals surface area contributed by atoms with Crippen molar-refractivity contribution in [3.8, 4) is 0 Å². The Hall–Kier alpha value is -0.410. The number of hydrogen-bond donors (Lipinski definition) is 1. The van der Waals surface area contributed by atoms with Crippen molar-refractivity contribution in [1.29, 1.82) is 0 Å². The molecule has 0 aliphatic carbocycles. The average molecular weight is 146 g/mol. The summed E-state index contributed by atoms with van der Waals surface area (Å²) in [6, 6.07) is 0. The maximum absolute atomic E-state index is 8.54. The predicted octanol–water partition coefficient (Wildman–Crippen LogP) is 0.986. The van der Waals surface area contributed by atoms with Gasteiger partial charge in [0.1, 0.15) is 0 Å². The quantitative estimate of drug-likeness (QED) is 0.631. The van der Waals surface area contributed by atoms with E-state index in [2.05, 4.69) is 4.98 Å². The van der Waals surface area contributed by atoms with Gasteiger partial charge in [0, 0.05) is 17.9 Å². The number of nitrogens with zero attached hydrogens (tertiary/aromatic N) is 1. The lowest BCUT2D eigenvalue weighted by Gasteiger charge is -1.90. The van der Waals surface area contributed by atoms with E-state index in [9.17, 15) is 0 Å². The van der Waals surface area contributed by atoms with Crippen LogP contribution in [-0.4, -0.2) is 16.7 Å². The van der Waals surface area contributed by atoms with Crippen molar-refractivity contribution in [3.05, 3.63) is 16.1 Å². The minimum atomic E-state index is 0.225. The van der Waals surface area contributed by atoms with Crippen molar-refractivity contribution in [1.82, 2.24) is 4.98 Å². The van der Waals surface area contributed by atoms with Gasteiger partial charge in [-0.1, -0.05) is 0 Å². The summed E-state index contributed by atoms with van der Waals surface area (Å²) in [6.07, 6.45) is 0.747. The lowest BCUT2D eigenvalue weighted by molar-refractivity contribution is 0.300. The number of rotatable bonds is 2. The topological polar surface area (TPSA) is 33.1 Å². The number of hydrogen-bond acceptors (Lipinski definition) is 3. The number of aromatic nitrogens is 1. The van der Waals surface area contributed by atoms with E-state index in [1.54, 1.807) is 16.8 Å². The van der Waals surface area contributed by atoms with Crippen LogP contribution >= 0.6 is 11.3 Å². The molecule has 0 spiro atoms. The molecule has 0 aromatic carbocycles. The van der Waals surface area contributed by atoms with Gasteiger partial charge in [0.15, 0.2) is 0 Å². The second-order valence-electron chi connectivity index (χ2n) is 1.83. The molecular formula is C6H9NOS. The molecule has 0 radical (unpaired) electrons. The smallest absolute Gasteiger partial charge is 0.0797 e. The normalized spacial score (nSPS) is 10.0. The molecule has 0 atom stereocenters. The molecule has 1 heterocycles. The summed E-state index contributed by atoms with van der Waals surface area (Å²) in [6.45, 7) is 2.19. The zero-order valence-electron chi connectivity index (χ0n) is 5.29. The Balaban J connectivity index is 2.69. The van der Waals surface area contributed by atoms with Gasteiger partial charge in [-0.2, -0.15) is 0 Å². The highest BCUT2D eigenvalue weighted by Crippen LogP contribution is 2.11. The molecule has 2 nitrogen and oxygen atoms in total. The first-order valence-electron chi connectivity index (χ1n) is 2.84. The highest BCUT2D eigenvalue weighted by molar-refractivity contribution is 7.09. The summed E-state index contributed by atoms with van der Waals surface area (Å²) >= 11 is 1.60. The summed E-state index contributed by atoms with van der Waals surface area (Å²) in [5, 5.41) is 8.54.